The molecule has 3 aromatic carbocycles. The van der Waals surface area contributed by atoms with Crippen molar-refractivity contribution in [2.24, 2.45) is 5.41 Å². The Labute approximate surface area is 407 Å². The summed E-state index contributed by atoms with van der Waals surface area (Å²) in [4.78, 5) is 60.8. The van der Waals surface area contributed by atoms with E-state index >= 15 is 0 Å². The summed E-state index contributed by atoms with van der Waals surface area (Å²) in [6.45, 7) is 7.05. The zero-order valence-electron chi connectivity index (χ0n) is 39.1. The summed E-state index contributed by atoms with van der Waals surface area (Å²) in [5, 5.41) is 23.7. The Morgan fingerprint density at radius 3 is 2.23 bits per heavy atom. The average molecular weight is 1020 g/mol. The molecule has 382 valence electrons. The van der Waals surface area contributed by atoms with Gasteiger partial charge in [-0.15, -0.1) is 16.4 Å². The number of halogens is 7. The largest absolute Gasteiger partial charge is 0.420 e. The first-order valence-corrected chi connectivity index (χ1v) is 22.9. The second-order valence-electron chi connectivity index (χ2n) is 17.6. The summed E-state index contributed by atoms with van der Waals surface area (Å²) in [6.07, 6.45) is -12.1. The van der Waals surface area contributed by atoms with E-state index in [-0.39, 0.29) is 70.7 Å². The third-order valence-corrected chi connectivity index (χ3v) is 12.2. The fraction of sp³-hybridized carbons (Fsp3) is 0.426. The summed E-state index contributed by atoms with van der Waals surface area (Å²) in [7, 11) is 1.11. The van der Waals surface area contributed by atoms with E-state index in [0.29, 0.717) is 6.07 Å². The molecule has 0 unspecified atom stereocenters. The molecule has 4 amide bonds. The number of aliphatic hydroxyl groups is 1. The zero-order valence-corrected chi connectivity index (χ0v) is 39.9. The number of alkyl halides is 6. The first kappa shape index (κ1) is 53.8. The fourth-order valence-corrected chi connectivity index (χ4v) is 8.23. The van der Waals surface area contributed by atoms with Crippen LogP contribution in [0.25, 0.3) is 21.7 Å². The number of anilines is 1. The molecule has 1 fully saturated rings. The molecule has 0 bridgehead atoms. The minimum atomic E-state index is -5.43. The minimum Gasteiger partial charge on any atom is -0.409 e. The molecule has 0 spiro atoms. The molecule has 6 rings (SSSR count). The van der Waals surface area contributed by atoms with Gasteiger partial charge in [-0.2, -0.15) is 26.3 Å². The van der Waals surface area contributed by atoms with Gasteiger partial charge in [-0.3, -0.25) is 19.3 Å². The van der Waals surface area contributed by atoms with Crippen molar-refractivity contribution in [3.8, 4) is 27.4 Å². The molecule has 3 heterocycles. The second kappa shape index (κ2) is 22.7. The molecule has 0 aliphatic carbocycles. The van der Waals surface area contributed by atoms with Crippen molar-refractivity contribution >= 4 is 40.8 Å². The van der Waals surface area contributed by atoms with Crippen LogP contribution in [-0.4, -0.2) is 112 Å². The number of hydrogen-bond acceptors (Lipinski definition) is 12. The number of likely N-dealkylation sites (tertiary alicyclic amines) is 1. The van der Waals surface area contributed by atoms with Gasteiger partial charge in [0.15, 0.2) is 5.75 Å². The number of benzene rings is 3. The maximum atomic E-state index is 14.3. The highest BCUT2D eigenvalue weighted by Crippen LogP contribution is 2.46. The number of amides is 4. The van der Waals surface area contributed by atoms with Gasteiger partial charge in [0.05, 0.1) is 72.5 Å². The fourth-order valence-electron chi connectivity index (χ4n) is 7.42. The normalized spacial score (nSPS) is 15.6. The number of hydrogen-bond donors (Lipinski definition) is 3. The van der Waals surface area contributed by atoms with Crippen molar-refractivity contribution in [3.63, 3.8) is 0 Å². The standard InChI is InChI=1S/C47H51F7N8O8S/c1-27-40(71-26-56-27)29-8-6-28(7-9-29)23-55-42(65)37-22-33(63)24-62(37)43(66)41(45(2,3)4)57-38(64)14-16-68-18-19-69-17-15-61-25-36(58-59-61)34-20-30(46(49,50)51)21-35(47(52,53)54)39(34)70-44(67)60(5)32-12-10-31(48)11-13-32/h6-13,20-21,25-26,33,37,41,63H,14-19,22-24H2,1-5H3,(H,55,65)(H,57,64)/t33-,37+,41-/m1/s1. The predicted molar refractivity (Wildman–Crippen MR) is 244 cm³/mol. The van der Waals surface area contributed by atoms with Crippen LogP contribution < -0.4 is 20.3 Å². The Bertz CT molecular complexity index is 2650. The molecule has 1 aliphatic heterocycles. The van der Waals surface area contributed by atoms with Crippen LogP contribution >= 0.6 is 11.3 Å². The van der Waals surface area contributed by atoms with Gasteiger partial charge in [0.1, 0.15) is 23.6 Å². The number of carbonyl (C=O) groups is 4. The Kier molecular flexibility index (Phi) is 17.2. The quantitative estimate of drug-likeness (QED) is 0.0585. The number of β-amino-alcohol motifs (C(OH)–C–C–N with tert-alkyl or cyclic N) is 1. The van der Waals surface area contributed by atoms with Gasteiger partial charge in [-0.25, -0.2) is 18.9 Å². The Morgan fingerprint density at radius 2 is 1.61 bits per heavy atom. The zero-order chi connectivity index (χ0) is 51.8. The van der Waals surface area contributed by atoms with E-state index in [1.54, 1.807) is 26.3 Å². The molecule has 3 atom stereocenters. The third-order valence-electron chi connectivity index (χ3n) is 11.2. The first-order valence-electron chi connectivity index (χ1n) is 22.0. The minimum absolute atomic E-state index is 0.00144. The molecule has 0 radical (unpaired) electrons. The predicted octanol–water partition coefficient (Wildman–Crippen LogP) is 7.42. The lowest BCUT2D eigenvalue weighted by atomic mass is 9.85. The van der Waals surface area contributed by atoms with Crippen molar-refractivity contribution in [1.29, 1.82) is 0 Å². The molecule has 1 aliphatic rings. The molecular formula is C47H51F7N8O8S. The van der Waals surface area contributed by atoms with Gasteiger partial charge in [-0.1, -0.05) is 50.3 Å². The Hall–Kier alpha value is -6.50. The van der Waals surface area contributed by atoms with Crippen molar-refractivity contribution < 1.29 is 69.2 Å². The lowest BCUT2D eigenvalue weighted by Crippen LogP contribution is -2.57. The van der Waals surface area contributed by atoms with Gasteiger partial charge in [-0.05, 0) is 59.9 Å². The molecular weight excluding hydrogens is 970 g/mol. The summed E-state index contributed by atoms with van der Waals surface area (Å²) >= 11 is 1.53. The van der Waals surface area contributed by atoms with E-state index in [1.165, 1.54) is 16.2 Å². The topological polar surface area (TPSA) is 190 Å². The van der Waals surface area contributed by atoms with Crippen LogP contribution in [0.5, 0.6) is 5.75 Å². The van der Waals surface area contributed by atoms with E-state index in [2.05, 4.69) is 25.9 Å². The number of rotatable bonds is 18. The van der Waals surface area contributed by atoms with Crippen LogP contribution in [0.3, 0.4) is 0 Å². The monoisotopic (exact) mass is 1020 g/mol. The van der Waals surface area contributed by atoms with Crippen LogP contribution in [0.2, 0.25) is 0 Å². The number of nitrogens with zero attached hydrogens (tertiary/aromatic N) is 6. The third kappa shape index (κ3) is 14.1. The molecule has 16 nitrogen and oxygen atoms in total. The van der Waals surface area contributed by atoms with Crippen LogP contribution in [-0.2, 0) is 49.3 Å². The number of nitrogens with one attached hydrogen (secondary N) is 2. The van der Waals surface area contributed by atoms with Crippen LogP contribution in [0.15, 0.2) is 72.4 Å². The lowest BCUT2D eigenvalue weighted by Gasteiger charge is -2.35. The van der Waals surface area contributed by atoms with Gasteiger partial charge >= 0.3 is 18.4 Å². The highest BCUT2D eigenvalue weighted by molar-refractivity contribution is 7.13. The molecule has 2 aromatic heterocycles. The van der Waals surface area contributed by atoms with Crippen molar-refractivity contribution in [2.45, 2.75) is 84.2 Å². The maximum Gasteiger partial charge on any atom is 0.420 e. The highest BCUT2D eigenvalue weighted by atomic mass is 32.1. The number of aliphatic hydroxyl groups excluding tert-OH is 1. The van der Waals surface area contributed by atoms with E-state index in [9.17, 15) is 55.0 Å². The van der Waals surface area contributed by atoms with Crippen molar-refractivity contribution in [1.82, 2.24) is 35.5 Å². The molecule has 71 heavy (non-hydrogen) atoms. The van der Waals surface area contributed by atoms with E-state index in [1.807, 2.05) is 31.2 Å². The summed E-state index contributed by atoms with van der Waals surface area (Å²) in [6, 6.07) is 10.0. The molecule has 1 saturated heterocycles. The number of ether oxygens (including phenoxy) is 3. The van der Waals surface area contributed by atoms with Gasteiger partial charge in [0.2, 0.25) is 17.7 Å². The second-order valence-corrected chi connectivity index (χ2v) is 18.4. The van der Waals surface area contributed by atoms with Gasteiger partial charge in [0.25, 0.3) is 0 Å². The van der Waals surface area contributed by atoms with Gasteiger partial charge in [0, 0.05) is 44.2 Å². The maximum absolute atomic E-state index is 14.3. The first-order chi connectivity index (χ1) is 33.4. The van der Waals surface area contributed by atoms with Crippen molar-refractivity contribution in [2.75, 3.05) is 44.9 Å². The van der Waals surface area contributed by atoms with E-state index in [4.69, 9.17) is 14.2 Å². The van der Waals surface area contributed by atoms with Crippen molar-refractivity contribution in [3.05, 3.63) is 101 Å². The van der Waals surface area contributed by atoms with Gasteiger partial charge < -0.3 is 34.9 Å². The summed E-state index contributed by atoms with van der Waals surface area (Å²) in [5.74, 6) is -3.42. The van der Waals surface area contributed by atoms with Crippen LogP contribution in [0.1, 0.15) is 56.0 Å². The number of aromatic nitrogens is 4. The number of aryl methyl sites for hydroxylation is 1. The molecule has 3 N–H and O–H groups in total. The number of thiazole rings is 1. The lowest BCUT2D eigenvalue weighted by molar-refractivity contribution is -0.144. The Morgan fingerprint density at radius 1 is 0.930 bits per heavy atom. The summed E-state index contributed by atoms with van der Waals surface area (Å²) < 4.78 is 115. The molecule has 24 heteroatoms. The smallest absolute Gasteiger partial charge is 0.409 e. The molecule has 5 aromatic rings. The Balaban J connectivity index is 0.976. The van der Waals surface area contributed by atoms with E-state index in [0.717, 1.165) is 68.8 Å². The SMILES string of the molecule is Cc1ncsc1-c1ccc(CNC(=O)[C@@H]2C[C@@H](O)CN2C(=O)[C@@H](NC(=O)CCOCCOCCn2cc(-c3cc(C(F)(F)F)cc(C(F)(F)F)c3OC(=O)N(C)c3ccc(F)cc3)nn2)C(C)(C)C)cc1. The highest BCUT2D eigenvalue weighted by Gasteiger charge is 2.45. The molecule has 0 saturated carbocycles. The van der Waals surface area contributed by atoms with Crippen LogP contribution in [0, 0.1) is 18.2 Å². The number of carbonyl (C=O) groups excluding carboxylic acids is 4. The van der Waals surface area contributed by atoms with E-state index < -0.39 is 93.7 Å². The summed E-state index contributed by atoms with van der Waals surface area (Å²) in [5.41, 5.74) is -1.19. The van der Waals surface area contributed by atoms with Crippen LogP contribution in [0.4, 0.5) is 41.2 Å². The average Bonchev–Trinajstić information content (AvgIpc) is 4.07.